The number of rotatable bonds is 6. The van der Waals surface area contributed by atoms with Gasteiger partial charge in [-0.25, -0.2) is 9.67 Å². The van der Waals surface area contributed by atoms with E-state index >= 15 is 0 Å². The summed E-state index contributed by atoms with van der Waals surface area (Å²) in [6, 6.07) is 13.6. The van der Waals surface area contributed by atoms with E-state index in [1.165, 1.54) is 17.2 Å². The maximum atomic E-state index is 13.3. The van der Waals surface area contributed by atoms with Gasteiger partial charge in [0.1, 0.15) is 18.3 Å². The van der Waals surface area contributed by atoms with E-state index in [9.17, 15) is 14.4 Å². The van der Waals surface area contributed by atoms with Crippen LogP contribution in [0.5, 0.6) is 0 Å². The Labute approximate surface area is 191 Å². The smallest absolute Gasteiger partial charge is 0.245 e. The maximum absolute atomic E-state index is 13.3. The summed E-state index contributed by atoms with van der Waals surface area (Å²) in [5.74, 6) is 0.362. The van der Waals surface area contributed by atoms with Gasteiger partial charge in [-0.05, 0) is 42.9 Å². The summed E-state index contributed by atoms with van der Waals surface area (Å²) in [5, 5.41) is 8.18. The summed E-state index contributed by atoms with van der Waals surface area (Å²) in [5.41, 5.74) is 2.06. The number of carbonyl (C=O) groups is 3. The molecule has 168 valence electrons. The molecule has 8 heteroatoms. The Morgan fingerprint density at radius 3 is 2.67 bits per heavy atom. The lowest BCUT2D eigenvalue weighted by Gasteiger charge is -2.27. The molecule has 2 amide bonds. The standard InChI is InChI=1S/C25H25N5O3/c1-14(31)23-17-8-5-9-26-24(17)29(28-23)13-22(32)30-20-10-16(20)11-21(30)25(33)27-19-12-18(19)15-6-3-2-4-7-15/h2-9,16,18-21H,10-13H2,1H3,(H,27,33)/t16?,18-,19+,20+,21-/m0/s1. The van der Waals surface area contributed by atoms with E-state index in [0.717, 1.165) is 12.8 Å². The van der Waals surface area contributed by atoms with Crippen LogP contribution in [0.1, 0.15) is 48.2 Å². The monoisotopic (exact) mass is 443 g/mol. The van der Waals surface area contributed by atoms with E-state index in [1.54, 1.807) is 23.2 Å². The number of aromatic nitrogens is 3. The predicted molar refractivity (Wildman–Crippen MR) is 120 cm³/mol. The van der Waals surface area contributed by atoms with Crippen molar-refractivity contribution in [2.45, 2.75) is 56.8 Å². The zero-order chi connectivity index (χ0) is 22.7. The van der Waals surface area contributed by atoms with Gasteiger partial charge >= 0.3 is 0 Å². The van der Waals surface area contributed by atoms with Gasteiger partial charge in [-0.3, -0.25) is 14.4 Å². The number of ketones is 1. The Balaban J connectivity index is 1.18. The van der Waals surface area contributed by atoms with Crippen molar-refractivity contribution in [3.05, 3.63) is 59.9 Å². The van der Waals surface area contributed by atoms with Crippen LogP contribution in [0.15, 0.2) is 48.7 Å². The molecule has 0 spiro atoms. The van der Waals surface area contributed by atoms with Crippen LogP contribution in [0.3, 0.4) is 0 Å². The Morgan fingerprint density at radius 2 is 1.88 bits per heavy atom. The fourth-order valence-electron chi connectivity index (χ4n) is 5.34. The average molecular weight is 444 g/mol. The Hall–Kier alpha value is -3.55. The molecule has 1 unspecified atom stereocenters. The molecular formula is C25H25N5O3. The number of nitrogens with zero attached hydrogens (tertiary/aromatic N) is 4. The van der Waals surface area contributed by atoms with Crippen molar-refractivity contribution < 1.29 is 14.4 Å². The predicted octanol–water partition coefficient (Wildman–Crippen LogP) is 2.30. The molecule has 2 saturated carbocycles. The summed E-state index contributed by atoms with van der Waals surface area (Å²) < 4.78 is 1.49. The zero-order valence-corrected chi connectivity index (χ0v) is 18.3. The molecule has 5 atom stereocenters. The fraction of sp³-hybridized carbons (Fsp3) is 0.400. The molecule has 2 aromatic heterocycles. The zero-order valence-electron chi connectivity index (χ0n) is 18.3. The molecule has 3 aliphatic rings. The van der Waals surface area contributed by atoms with Crippen LogP contribution >= 0.6 is 0 Å². The second-order valence-electron chi connectivity index (χ2n) is 9.42. The molecule has 1 N–H and O–H groups in total. The largest absolute Gasteiger partial charge is 0.351 e. The van der Waals surface area contributed by atoms with Crippen molar-refractivity contribution in [3.63, 3.8) is 0 Å². The van der Waals surface area contributed by atoms with Crippen LogP contribution in [0.4, 0.5) is 0 Å². The minimum absolute atomic E-state index is 0.0378. The molecule has 6 rings (SSSR count). The van der Waals surface area contributed by atoms with Crippen LogP contribution in [0, 0.1) is 5.92 Å². The second-order valence-corrected chi connectivity index (χ2v) is 9.42. The van der Waals surface area contributed by atoms with Crippen molar-refractivity contribution in [2.75, 3.05) is 0 Å². The van der Waals surface area contributed by atoms with E-state index in [2.05, 4.69) is 27.5 Å². The van der Waals surface area contributed by atoms with Gasteiger partial charge in [0.15, 0.2) is 11.4 Å². The van der Waals surface area contributed by atoms with Gasteiger partial charge in [0, 0.05) is 31.1 Å². The molecule has 3 aromatic rings. The SMILES string of the molecule is CC(=O)c1nn(CC(=O)N2[C@@H]3CC3C[C@H]2C(=O)N[C@@H]2C[C@H]2c2ccccc2)c2ncccc12. The maximum Gasteiger partial charge on any atom is 0.245 e. The van der Waals surface area contributed by atoms with Gasteiger partial charge in [-0.15, -0.1) is 0 Å². The van der Waals surface area contributed by atoms with E-state index in [0.29, 0.717) is 35.0 Å². The second kappa shape index (κ2) is 7.50. The van der Waals surface area contributed by atoms with E-state index in [4.69, 9.17) is 0 Å². The van der Waals surface area contributed by atoms with E-state index < -0.39 is 6.04 Å². The van der Waals surface area contributed by atoms with E-state index in [-0.39, 0.29) is 36.2 Å². The first-order valence-corrected chi connectivity index (χ1v) is 11.5. The first kappa shape index (κ1) is 20.1. The number of hydrogen-bond donors (Lipinski definition) is 1. The van der Waals surface area contributed by atoms with Crippen molar-refractivity contribution in [2.24, 2.45) is 5.92 Å². The molecule has 0 bridgehead atoms. The molecule has 1 aliphatic heterocycles. The fourth-order valence-corrected chi connectivity index (χ4v) is 5.34. The summed E-state index contributed by atoms with van der Waals surface area (Å²) in [7, 11) is 0. The van der Waals surface area contributed by atoms with Gasteiger partial charge in [-0.2, -0.15) is 5.10 Å². The van der Waals surface area contributed by atoms with Gasteiger partial charge < -0.3 is 10.2 Å². The van der Waals surface area contributed by atoms with Crippen LogP contribution in [-0.2, 0) is 16.1 Å². The number of Topliss-reactive ketones (excluding diaryl/α,β-unsaturated/α-hetero) is 1. The average Bonchev–Trinajstić information content (AvgIpc) is 3.70. The van der Waals surface area contributed by atoms with E-state index in [1.807, 2.05) is 18.2 Å². The number of piperidine rings is 1. The quantitative estimate of drug-likeness (QED) is 0.590. The molecule has 0 radical (unpaired) electrons. The number of carbonyl (C=O) groups excluding carboxylic acids is 3. The van der Waals surface area contributed by atoms with Gasteiger partial charge in [0.25, 0.3) is 0 Å². The highest BCUT2D eigenvalue weighted by Crippen LogP contribution is 2.48. The van der Waals surface area contributed by atoms with Crippen molar-refractivity contribution >= 4 is 28.6 Å². The third-order valence-corrected chi connectivity index (χ3v) is 7.17. The van der Waals surface area contributed by atoms with Crippen LogP contribution < -0.4 is 5.32 Å². The molecule has 3 fully saturated rings. The lowest BCUT2D eigenvalue weighted by Crippen LogP contribution is -2.49. The third kappa shape index (κ3) is 3.50. The highest BCUT2D eigenvalue weighted by molar-refractivity contribution is 6.04. The van der Waals surface area contributed by atoms with Crippen molar-refractivity contribution in [1.82, 2.24) is 25.0 Å². The van der Waals surface area contributed by atoms with Crippen LogP contribution in [0.25, 0.3) is 11.0 Å². The number of nitrogens with one attached hydrogen (secondary N) is 1. The summed E-state index contributed by atoms with van der Waals surface area (Å²) >= 11 is 0. The van der Waals surface area contributed by atoms with Crippen molar-refractivity contribution in [3.8, 4) is 0 Å². The summed E-state index contributed by atoms with van der Waals surface area (Å²) in [6.45, 7) is 1.42. The lowest BCUT2D eigenvalue weighted by molar-refractivity contribution is -0.140. The number of pyridine rings is 1. The minimum atomic E-state index is -0.444. The molecule has 8 nitrogen and oxygen atoms in total. The normalized spacial score (nSPS) is 27.3. The minimum Gasteiger partial charge on any atom is -0.351 e. The number of hydrogen-bond acceptors (Lipinski definition) is 5. The molecule has 3 heterocycles. The Morgan fingerprint density at radius 1 is 1.06 bits per heavy atom. The molecule has 2 aliphatic carbocycles. The lowest BCUT2D eigenvalue weighted by atomic mass is 10.1. The van der Waals surface area contributed by atoms with Crippen LogP contribution in [-0.4, -0.2) is 55.4 Å². The number of benzene rings is 1. The first-order chi connectivity index (χ1) is 16.0. The van der Waals surface area contributed by atoms with Gasteiger partial charge in [-0.1, -0.05) is 30.3 Å². The number of amides is 2. The number of likely N-dealkylation sites (tertiary alicyclic amines) is 1. The summed E-state index contributed by atoms with van der Waals surface area (Å²) in [6.07, 6.45) is 4.21. The summed E-state index contributed by atoms with van der Waals surface area (Å²) in [4.78, 5) is 44.6. The molecule has 1 saturated heterocycles. The molecule has 1 aromatic carbocycles. The Kier molecular flexibility index (Phi) is 4.57. The highest BCUT2D eigenvalue weighted by atomic mass is 16.2. The van der Waals surface area contributed by atoms with Crippen molar-refractivity contribution in [1.29, 1.82) is 0 Å². The third-order valence-electron chi connectivity index (χ3n) is 7.17. The number of fused-ring (bicyclic) bond motifs is 2. The topological polar surface area (TPSA) is 97.2 Å². The highest BCUT2D eigenvalue weighted by Gasteiger charge is 2.56. The molecule has 33 heavy (non-hydrogen) atoms. The van der Waals surface area contributed by atoms with Gasteiger partial charge in [0.05, 0.1) is 5.39 Å². The van der Waals surface area contributed by atoms with Crippen LogP contribution in [0.2, 0.25) is 0 Å². The van der Waals surface area contributed by atoms with Gasteiger partial charge in [0.2, 0.25) is 11.8 Å². The Bertz CT molecular complexity index is 1270. The first-order valence-electron chi connectivity index (χ1n) is 11.5. The molecular weight excluding hydrogens is 418 g/mol.